The van der Waals surface area contributed by atoms with Crippen LogP contribution in [0.1, 0.15) is 47.2 Å². The standard InChI is InChI=1S/C32H33N3O4S/c1-2-23-10-15-28(16-11-23)40(38,39)34-32-29-20-27(14-13-26(29)19-30(32)36)35(22-25-9-6-18-33-21-25)31(37)17-12-24-7-4-3-5-8-24/h3-11,13-16,18,20-21,30,32,34,36H,2,12,17,19,22H2,1H3. The molecule has 3 aromatic carbocycles. The third-order valence-electron chi connectivity index (χ3n) is 7.35. The van der Waals surface area contributed by atoms with Gasteiger partial charge in [-0.05, 0) is 71.0 Å². The zero-order valence-corrected chi connectivity index (χ0v) is 23.2. The first-order valence-electron chi connectivity index (χ1n) is 13.5. The Kier molecular flexibility index (Phi) is 8.40. The first-order valence-corrected chi connectivity index (χ1v) is 15.0. The molecule has 4 aromatic rings. The van der Waals surface area contributed by atoms with Crippen LogP contribution in [-0.2, 0) is 40.6 Å². The zero-order valence-electron chi connectivity index (χ0n) is 22.4. The molecular formula is C32H33N3O4S. The molecule has 0 bridgehead atoms. The molecule has 5 rings (SSSR count). The van der Waals surface area contributed by atoms with Gasteiger partial charge in [-0.3, -0.25) is 9.78 Å². The number of nitrogens with zero attached hydrogens (tertiary/aromatic N) is 2. The minimum Gasteiger partial charge on any atom is -0.391 e. The summed E-state index contributed by atoms with van der Waals surface area (Å²) in [5.74, 6) is -0.0562. The lowest BCUT2D eigenvalue weighted by Crippen LogP contribution is -2.34. The molecule has 1 aromatic heterocycles. The monoisotopic (exact) mass is 555 g/mol. The normalized spacial score (nSPS) is 16.4. The van der Waals surface area contributed by atoms with Gasteiger partial charge in [0.25, 0.3) is 0 Å². The Labute approximate surface area is 235 Å². The molecule has 1 aliphatic carbocycles. The van der Waals surface area contributed by atoms with E-state index in [9.17, 15) is 18.3 Å². The number of nitrogens with one attached hydrogen (secondary N) is 1. The van der Waals surface area contributed by atoms with Gasteiger partial charge in [0.1, 0.15) is 0 Å². The van der Waals surface area contributed by atoms with Gasteiger partial charge in [-0.1, -0.05) is 61.5 Å². The van der Waals surface area contributed by atoms with Gasteiger partial charge >= 0.3 is 0 Å². The average Bonchev–Trinajstić information content (AvgIpc) is 3.29. The van der Waals surface area contributed by atoms with Crippen molar-refractivity contribution in [1.82, 2.24) is 9.71 Å². The predicted octanol–water partition coefficient (Wildman–Crippen LogP) is 4.75. The van der Waals surface area contributed by atoms with Crippen molar-refractivity contribution in [2.45, 2.75) is 56.2 Å². The fourth-order valence-corrected chi connectivity index (χ4v) is 6.34. The molecule has 1 heterocycles. The van der Waals surface area contributed by atoms with E-state index < -0.39 is 22.2 Å². The van der Waals surface area contributed by atoms with E-state index in [0.29, 0.717) is 37.1 Å². The predicted molar refractivity (Wildman–Crippen MR) is 155 cm³/mol. The summed E-state index contributed by atoms with van der Waals surface area (Å²) in [5.41, 5.74) is 5.17. The first-order chi connectivity index (χ1) is 19.3. The van der Waals surface area contributed by atoms with Crippen molar-refractivity contribution in [2.24, 2.45) is 0 Å². The molecule has 7 nitrogen and oxygen atoms in total. The second-order valence-electron chi connectivity index (χ2n) is 10.1. The van der Waals surface area contributed by atoms with Gasteiger partial charge in [-0.2, -0.15) is 0 Å². The number of hydrogen-bond acceptors (Lipinski definition) is 5. The maximum absolute atomic E-state index is 13.6. The number of amides is 1. The topological polar surface area (TPSA) is 99.6 Å². The molecule has 0 saturated heterocycles. The lowest BCUT2D eigenvalue weighted by atomic mass is 10.1. The molecular weight excluding hydrogens is 522 g/mol. The van der Waals surface area contributed by atoms with Crippen LogP contribution < -0.4 is 9.62 Å². The Morgan fingerprint density at radius 3 is 2.42 bits per heavy atom. The van der Waals surface area contributed by atoms with Crippen LogP contribution in [0, 0.1) is 0 Å². The molecule has 8 heteroatoms. The fourth-order valence-electron chi connectivity index (χ4n) is 5.09. The van der Waals surface area contributed by atoms with Crippen LogP contribution in [0.5, 0.6) is 0 Å². The van der Waals surface area contributed by atoms with Crippen LogP contribution in [0.15, 0.2) is 102 Å². The van der Waals surface area contributed by atoms with Crippen LogP contribution in [0.4, 0.5) is 5.69 Å². The van der Waals surface area contributed by atoms with Crippen molar-refractivity contribution in [2.75, 3.05) is 4.90 Å². The van der Waals surface area contributed by atoms with E-state index in [0.717, 1.165) is 28.7 Å². The highest BCUT2D eigenvalue weighted by Gasteiger charge is 2.35. The summed E-state index contributed by atoms with van der Waals surface area (Å²) in [4.78, 5) is 19.6. The molecule has 0 aliphatic heterocycles. The third-order valence-corrected chi connectivity index (χ3v) is 8.81. The number of carbonyl (C=O) groups excluding carboxylic acids is 1. The van der Waals surface area contributed by atoms with E-state index in [1.54, 1.807) is 41.6 Å². The maximum atomic E-state index is 13.6. The van der Waals surface area contributed by atoms with Gasteiger partial charge in [0, 0.05) is 30.9 Å². The van der Waals surface area contributed by atoms with Gasteiger partial charge < -0.3 is 10.0 Å². The van der Waals surface area contributed by atoms with E-state index in [4.69, 9.17) is 0 Å². The second-order valence-corrected chi connectivity index (χ2v) is 11.8. The van der Waals surface area contributed by atoms with Crippen LogP contribution in [0.25, 0.3) is 0 Å². The second kappa shape index (κ2) is 12.1. The Hall–Kier alpha value is -3.85. The number of carbonyl (C=O) groups is 1. The number of sulfonamides is 1. The Morgan fingerprint density at radius 1 is 0.975 bits per heavy atom. The van der Waals surface area contributed by atoms with Crippen LogP contribution >= 0.6 is 0 Å². The Morgan fingerprint density at radius 2 is 1.73 bits per heavy atom. The smallest absolute Gasteiger partial charge is 0.241 e. The minimum atomic E-state index is -3.88. The van der Waals surface area contributed by atoms with Gasteiger partial charge in [0.05, 0.1) is 23.6 Å². The molecule has 0 fully saturated rings. The summed E-state index contributed by atoms with van der Waals surface area (Å²) in [6.07, 6.45) is 4.55. The highest BCUT2D eigenvalue weighted by atomic mass is 32.2. The molecule has 2 unspecified atom stereocenters. The number of benzene rings is 3. The molecule has 0 spiro atoms. The lowest BCUT2D eigenvalue weighted by molar-refractivity contribution is -0.118. The van der Waals surface area contributed by atoms with Crippen molar-refractivity contribution >= 4 is 21.6 Å². The number of aryl methyl sites for hydroxylation is 2. The summed E-state index contributed by atoms with van der Waals surface area (Å²) in [5, 5.41) is 10.9. The number of fused-ring (bicyclic) bond motifs is 1. The van der Waals surface area contributed by atoms with Gasteiger partial charge in [0.2, 0.25) is 15.9 Å². The van der Waals surface area contributed by atoms with Crippen LogP contribution in [0.3, 0.4) is 0 Å². The van der Waals surface area contributed by atoms with Crippen molar-refractivity contribution < 1.29 is 18.3 Å². The molecule has 2 atom stereocenters. The van der Waals surface area contributed by atoms with Crippen molar-refractivity contribution in [3.63, 3.8) is 0 Å². The van der Waals surface area contributed by atoms with E-state index in [1.807, 2.05) is 67.6 Å². The van der Waals surface area contributed by atoms with Crippen molar-refractivity contribution in [3.8, 4) is 0 Å². The number of pyridine rings is 1. The van der Waals surface area contributed by atoms with E-state index in [2.05, 4.69) is 9.71 Å². The molecule has 40 heavy (non-hydrogen) atoms. The highest BCUT2D eigenvalue weighted by molar-refractivity contribution is 7.89. The SMILES string of the molecule is CCc1ccc(S(=O)(=O)NC2c3cc(N(Cc4cccnc4)C(=O)CCc4ccccc4)ccc3CC2O)cc1. The third kappa shape index (κ3) is 6.31. The summed E-state index contributed by atoms with van der Waals surface area (Å²) < 4.78 is 29.2. The molecule has 0 saturated carbocycles. The number of aromatic nitrogens is 1. The van der Waals surface area contributed by atoms with Crippen LogP contribution in [0.2, 0.25) is 0 Å². The van der Waals surface area contributed by atoms with E-state index >= 15 is 0 Å². The van der Waals surface area contributed by atoms with Gasteiger partial charge in [0.15, 0.2) is 0 Å². The lowest BCUT2D eigenvalue weighted by Gasteiger charge is -2.25. The summed E-state index contributed by atoms with van der Waals surface area (Å²) in [6, 6.07) is 25.1. The number of rotatable bonds is 10. The highest BCUT2D eigenvalue weighted by Crippen LogP contribution is 2.36. The Bertz CT molecular complexity index is 1560. The molecule has 206 valence electrons. The van der Waals surface area contributed by atoms with Crippen molar-refractivity contribution in [3.05, 3.63) is 125 Å². The Balaban J connectivity index is 1.43. The summed E-state index contributed by atoms with van der Waals surface area (Å²) >= 11 is 0. The van der Waals surface area contributed by atoms with Crippen molar-refractivity contribution in [1.29, 1.82) is 0 Å². The number of aliphatic hydroxyl groups excluding tert-OH is 1. The molecule has 2 N–H and O–H groups in total. The number of hydrogen-bond donors (Lipinski definition) is 2. The summed E-state index contributed by atoms with van der Waals surface area (Å²) in [6.45, 7) is 2.33. The molecule has 1 aliphatic rings. The molecule has 1 amide bonds. The van der Waals surface area contributed by atoms with E-state index in [1.165, 1.54) is 0 Å². The largest absolute Gasteiger partial charge is 0.391 e. The van der Waals surface area contributed by atoms with Gasteiger partial charge in [-0.25, -0.2) is 13.1 Å². The van der Waals surface area contributed by atoms with Gasteiger partial charge in [-0.15, -0.1) is 0 Å². The van der Waals surface area contributed by atoms with Crippen LogP contribution in [-0.4, -0.2) is 30.5 Å². The number of anilines is 1. The quantitative estimate of drug-likeness (QED) is 0.294. The number of aliphatic hydroxyl groups is 1. The minimum absolute atomic E-state index is 0.0562. The zero-order chi connectivity index (χ0) is 28.1. The fraction of sp³-hybridized carbons (Fsp3) is 0.250. The summed E-state index contributed by atoms with van der Waals surface area (Å²) in [7, 11) is -3.88. The maximum Gasteiger partial charge on any atom is 0.241 e. The first kappa shape index (κ1) is 27.7. The average molecular weight is 556 g/mol. The van der Waals surface area contributed by atoms with E-state index in [-0.39, 0.29) is 10.8 Å². The molecule has 0 radical (unpaired) electrons.